The van der Waals surface area contributed by atoms with E-state index < -0.39 is 6.10 Å². The van der Waals surface area contributed by atoms with Crippen LogP contribution in [0.2, 0.25) is 0 Å². The van der Waals surface area contributed by atoms with E-state index in [-0.39, 0.29) is 30.3 Å². The summed E-state index contributed by atoms with van der Waals surface area (Å²) in [4.78, 5) is 0. The lowest BCUT2D eigenvalue weighted by molar-refractivity contribution is 0.163. The van der Waals surface area contributed by atoms with Gasteiger partial charge in [0.1, 0.15) is 5.75 Å². The maximum Gasteiger partial charge on any atom is 0.121 e. The van der Waals surface area contributed by atoms with Gasteiger partial charge < -0.3 is 20.6 Å². The molecule has 0 radical (unpaired) electrons. The van der Waals surface area contributed by atoms with E-state index in [9.17, 15) is 10.2 Å². The molecule has 4 nitrogen and oxygen atoms in total. The number of aliphatic hydroxyl groups is 2. The molecule has 18 heavy (non-hydrogen) atoms. The molecule has 0 aliphatic heterocycles. The van der Waals surface area contributed by atoms with Crippen LogP contribution in [-0.4, -0.2) is 27.4 Å². The highest BCUT2D eigenvalue weighted by Gasteiger charge is 2.14. The van der Waals surface area contributed by atoms with Gasteiger partial charge in [-0.05, 0) is 38.5 Å². The Balaban J connectivity index is 0.00000289. The topological polar surface area (TPSA) is 72.7 Å². The fourth-order valence-corrected chi connectivity index (χ4v) is 1.46. The van der Waals surface area contributed by atoms with Crippen molar-refractivity contribution >= 4 is 12.4 Å². The van der Waals surface area contributed by atoms with E-state index in [1.807, 2.05) is 20.8 Å². The Morgan fingerprint density at radius 3 is 2.39 bits per heavy atom. The van der Waals surface area contributed by atoms with Crippen molar-refractivity contribution in [1.82, 2.24) is 5.32 Å². The second-order valence-corrected chi connectivity index (χ2v) is 5.19. The molecule has 0 saturated carbocycles. The Kier molecular flexibility index (Phi) is 6.63. The second-order valence-electron chi connectivity index (χ2n) is 5.19. The first-order chi connectivity index (χ1) is 7.83. The number of hydrogen-bond acceptors (Lipinski definition) is 4. The molecule has 4 N–H and O–H groups in total. The predicted octanol–water partition coefficient (Wildman–Crippen LogP) is 1.73. The molecule has 1 rings (SSSR count). The van der Waals surface area contributed by atoms with Crippen LogP contribution in [-0.2, 0) is 6.61 Å². The van der Waals surface area contributed by atoms with Crippen LogP contribution in [0.5, 0.6) is 5.75 Å². The molecule has 1 aromatic rings. The summed E-state index contributed by atoms with van der Waals surface area (Å²) in [5, 5.41) is 31.6. The molecule has 0 bridgehead atoms. The highest BCUT2D eigenvalue weighted by molar-refractivity contribution is 5.85. The van der Waals surface area contributed by atoms with Gasteiger partial charge in [-0.25, -0.2) is 0 Å². The van der Waals surface area contributed by atoms with Crippen LogP contribution >= 0.6 is 12.4 Å². The number of aromatic hydroxyl groups is 1. The first-order valence-electron chi connectivity index (χ1n) is 5.69. The lowest BCUT2D eigenvalue weighted by atomic mass is 10.0. The van der Waals surface area contributed by atoms with Gasteiger partial charge in [-0.2, -0.15) is 0 Å². The van der Waals surface area contributed by atoms with Crippen LogP contribution < -0.4 is 5.32 Å². The van der Waals surface area contributed by atoms with E-state index in [1.165, 1.54) is 6.07 Å². The molecular weight excluding hydrogens is 254 g/mol. The van der Waals surface area contributed by atoms with Crippen LogP contribution in [0.1, 0.15) is 38.0 Å². The van der Waals surface area contributed by atoms with Gasteiger partial charge in [0, 0.05) is 17.6 Å². The molecule has 0 amide bonds. The van der Waals surface area contributed by atoms with E-state index in [0.29, 0.717) is 17.7 Å². The lowest BCUT2D eigenvalue weighted by Crippen LogP contribution is -2.38. The normalized spacial score (nSPS) is 12.9. The molecule has 5 heteroatoms. The Labute approximate surface area is 114 Å². The minimum Gasteiger partial charge on any atom is -0.508 e. The molecular formula is C13H22ClNO3. The zero-order chi connectivity index (χ0) is 13.1. The van der Waals surface area contributed by atoms with Crippen molar-refractivity contribution in [3.05, 3.63) is 29.3 Å². The molecule has 0 aliphatic rings. The highest BCUT2D eigenvalue weighted by atomic mass is 35.5. The van der Waals surface area contributed by atoms with Gasteiger partial charge >= 0.3 is 0 Å². The van der Waals surface area contributed by atoms with Gasteiger partial charge in [0.05, 0.1) is 12.7 Å². The minimum absolute atomic E-state index is 0. The third kappa shape index (κ3) is 5.23. The van der Waals surface area contributed by atoms with E-state index in [1.54, 1.807) is 12.1 Å². The van der Waals surface area contributed by atoms with Gasteiger partial charge in [0.25, 0.3) is 0 Å². The van der Waals surface area contributed by atoms with E-state index in [2.05, 4.69) is 5.32 Å². The van der Waals surface area contributed by atoms with E-state index in [0.717, 1.165) is 0 Å². The number of nitrogens with one attached hydrogen (secondary N) is 1. The third-order valence-electron chi connectivity index (χ3n) is 2.48. The van der Waals surface area contributed by atoms with Crippen LogP contribution in [0, 0.1) is 0 Å². The maximum atomic E-state index is 9.97. The van der Waals surface area contributed by atoms with Crippen LogP contribution in [0.15, 0.2) is 18.2 Å². The number of benzene rings is 1. The van der Waals surface area contributed by atoms with Gasteiger partial charge in [-0.3, -0.25) is 0 Å². The lowest BCUT2D eigenvalue weighted by Gasteiger charge is -2.23. The highest BCUT2D eigenvalue weighted by Crippen LogP contribution is 2.22. The molecule has 1 aromatic carbocycles. The molecule has 1 atom stereocenters. The van der Waals surface area contributed by atoms with Crippen molar-refractivity contribution in [3.63, 3.8) is 0 Å². The average molecular weight is 276 g/mol. The second kappa shape index (κ2) is 6.95. The Morgan fingerprint density at radius 1 is 1.28 bits per heavy atom. The third-order valence-corrected chi connectivity index (χ3v) is 2.48. The average Bonchev–Trinajstić information content (AvgIpc) is 2.25. The first-order valence-corrected chi connectivity index (χ1v) is 5.69. The predicted molar refractivity (Wildman–Crippen MR) is 74.0 cm³/mol. The summed E-state index contributed by atoms with van der Waals surface area (Å²) in [5.41, 5.74) is 1.05. The smallest absolute Gasteiger partial charge is 0.121 e. The fourth-order valence-electron chi connectivity index (χ4n) is 1.46. The van der Waals surface area contributed by atoms with Crippen LogP contribution in [0.3, 0.4) is 0 Å². The molecule has 0 aliphatic carbocycles. The maximum absolute atomic E-state index is 9.97. The molecule has 104 valence electrons. The SMILES string of the molecule is CC(C)(C)NCC(O)c1ccc(O)c(CO)c1.Cl. The Morgan fingerprint density at radius 2 is 1.89 bits per heavy atom. The standard InChI is InChI=1S/C13H21NO3.ClH/c1-13(2,3)14-7-12(17)9-4-5-11(16)10(6-9)8-15;/h4-6,12,14-17H,7-8H2,1-3H3;1H. The van der Waals surface area contributed by atoms with Crippen LogP contribution in [0.4, 0.5) is 0 Å². The summed E-state index contributed by atoms with van der Waals surface area (Å²) in [6.45, 7) is 6.26. The summed E-state index contributed by atoms with van der Waals surface area (Å²) in [6.07, 6.45) is -0.653. The molecule has 1 unspecified atom stereocenters. The molecule has 0 aromatic heterocycles. The van der Waals surface area contributed by atoms with Gasteiger partial charge in [0.2, 0.25) is 0 Å². The summed E-state index contributed by atoms with van der Waals surface area (Å²) in [5.74, 6) is 0.0484. The van der Waals surface area contributed by atoms with Crippen molar-refractivity contribution in [2.75, 3.05) is 6.54 Å². The summed E-state index contributed by atoms with van der Waals surface area (Å²) < 4.78 is 0. The molecule has 0 heterocycles. The van der Waals surface area contributed by atoms with Gasteiger partial charge in [-0.1, -0.05) is 6.07 Å². The minimum atomic E-state index is -0.653. The van der Waals surface area contributed by atoms with E-state index >= 15 is 0 Å². The summed E-state index contributed by atoms with van der Waals surface area (Å²) >= 11 is 0. The Bertz CT molecular complexity index is 377. The molecule has 0 fully saturated rings. The number of phenols is 1. The van der Waals surface area contributed by atoms with Crippen molar-refractivity contribution in [1.29, 1.82) is 0 Å². The zero-order valence-electron chi connectivity index (χ0n) is 11.0. The van der Waals surface area contributed by atoms with Gasteiger partial charge in [0.15, 0.2) is 0 Å². The quantitative estimate of drug-likeness (QED) is 0.675. The summed E-state index contributed by atoms with van der Waals surface area (Å²) in [6, 6.07) is 4.76. The van der Waals surface area contributed by atoms with Gasteiger partial charge in [-0.15, -0.1) is 12.4 Å². The summed E-state index contributed by atoms with van der Waals surface area (Å²) in [7, 11) is 0. The monoisotopic (exact) mass is 275 g/mol. The zero-order valence-corrected chi connectivity index (χ0v) is 11.8. The molecule has 0 saturated heterocycles. The number of halogens is 1. The van der Waals surface area contributed by atoms with Crippen molar-refractivity contribution in [2.24, 2.45) is 0 Å². The number of hydrogen-bond donors (Lipinski definition) is 4. The fraction of sp³-hybridized carbons (Fsp3) is 0.538. The first kappa shape index (κ1) is 17.2. The molecule has 0 spiro atoms. The number of β-amino-alcohol motifs (C(OH)–C–C–N with tert-alkyl or cyclic N) is 1. The van der Waals surface area contributed by atoms with Crippen molar-refractivity contribution in [2.45, 2.75) is 39.0 Å². The largest absolute Gasteiger partial charge is 0.508 e. The van der Waals surface area contributed by atoms with Crippen molar-refractivity contribution < 1.29 is 15.3 Å². The van der Waals surface area contributed by atoms with Crippen molar-refractivity contribution in [3.8, 4) is 5.75 Å². The Hall–Kier alpha value is -0.810. The van der Waals surface area contributed by atoms with E-state index in [4.69, 9.17) is 5.11 Å². The number of rotatable bonds is 4. The number of aliphatic hydroxyl groups excluding tert-OH is 2. The van der Waals surface area contributed by atoms with Crippen LogP contribution in [0.25, 0.3) is 0 Å².